The molecule has 0 bridgehead atoms. The SMILES string of the molecule is Nc1cc(OC2CCC2)cc(C(F)(F)F)c1. The topological polar surface area (TPSA) is 35.2 Å². The molecular formula is C11H12F3NO. The van der Waals surface area contributed by atoms with Crippen molar-refractivity contribution in [2.75, 3.05) is 5.73 Å². The first-order chi connectivity index (χ1) is 7.45. The van der Waals surface area contributed by atoms with Crippen LogP contribution >= 0.6 is 0 Å². The van der Waals surface area contributed by atoms with Crippen LogP contribution in [-0.2, 0) is 6.18 Å². The van der Waals surface area contributed by atoms with Gasteiger partial charge in [-0.15, -0.1) is 0 Å². The van der Waals surface area contributed by atoms with Gasteiger partial charge in [-0.1, -0.05) is 0 Å². The van der Waals surface area contributed by atoms with Crippen LogP contribution in [0.15, 0.2) is 18.2 Å². The number of anilines is 1. The van der Waals surface area contributed by atoms with E-state index in [9.17, 15) is 13.2 Å². The van der Waals surface area contributed by atoms with Gasteiger partial charge in [0.1, 0.15) is 5.75 Å². The summed E-state index contributed by atoms with van der Waals surface area (Å²) < 4.78 is 42.8. The van der Waals surface area contributed by atoms with Crippen molar-refractivity contribution < 1.29 is 17.9 Å². The number of rotatable bonds is 2. The molecule has 1 fully saturated rings. The van der Waals surface area contributed by atoms with Gasteiger partial charge in [0, 0.05) is 11.8 Å². The number of alkyl halides is 3. The molecule has 0 amide bonds. The van der Waals surface area contributed by atoms with Crippen LogP contribution in [0.1, 0.15) is 24.8 Å². The minimum absolute atomic E-state index is 0.0443. The van der Waals surface area contributed by atoms with Gasteiger partial charge in [0.25, 0.3) is 0 Å². The third-order valence-corrected chi connectivity index (χ3v) is 2.61. The molecule has 1 aromatic carbocycles. The smallest absolute Gasteiger partial charge is 0.416 e. The molecule has 2 rings (SSSR count). The van der Waals surface area contributed by atoms with Gasteiger partial charge in [-0.25, -0.2) is 0 Å². The Balaban J connectivity index is 2.21. The highest BCUT2D eigenvalue weighted by atomic mass is 19.4. The summed E-state index contributed by atoms with van der Waals surface area (Å²) in [6, 6.07) is 3.33. The molecule has 0 spiro atoms. The van der Waals surface area contributed by atoms with E-state index in [2.05, 4.69) is 0 Å². The van der Waals surface area contributed by atoms with Crippen LogP contribution in [0.25, 0.3) is 0 Å². The summed E-state index contributed by atoms with van der Waals surface area (Å²) in [6.45, 7) is 0. The molecule has 0 saturated heterocycles. The predicted octanol–water partition coefficient (Wildman–Crippen LogP) is 3.22. The second kappa shape index (κ2) is 3.88. The number of nitrogen functional groups attached to an aromatic ring is 1. The lowest BCUT2D eigenvalue weighted by Crippen LogP contribution is -2.24. The second-order valence-electron chi connectivity index (χ2n) is 3.96. The average molecular weight is 231 g/mol. The third kappa shape index (κ3) is 2.40. The fourth-order valence-corrected chi connectivity index (χ4v) is 1.53. The van der Waals surface area contributed by atoms with Crippen LogP contribution in [0.2, 0.25) is 0 Å². The number of benzene rings is 1. The summed E-state index contributed by atoms with van der Waals surface area (Å²) in [6.07, 6.45) is -1.47. The fourth-order valence-electron chi connectivity index (χ4n) is 1.53. The van der Waals surface area contributed by atoms with E-state index in [1.165, 1.54) is 6.07 Å². The van der Waals surface area contributed by atoms with Gasteiger partial charge in [0.15, 0.2) is 0 Å². The van der Waals surface area contributed by atoms with Gasteiger partial charge in [-0.3, -0.25) is 0 Å². The van der Waals surface area contributed by atoms with Gasteiger partial charge >= 0.3 is 6.18 Å². The highest BCUT2D eigenvalue weighted by Gasteiger charge is 2.31. The first-order valence-corrected chi connectivity index (χ1v) is 5.09. The molecule has 1 aromatic rings. The van der Waals surface area contributed by atoms with Crippen molar-refractivity contribution >= 4 is 5.69 Å². The average Bonchev–Trinajstić information content (AvgIpc) is 2.09. The quantitative estimate of drug-likeness (QED) is 0.793. The molecule has 5 heteroatoms. The lowest BCUT2D eigenvalue weighted by molar-refractivity contribution is -0.137. The van der Waals surface area contributed by atoms with Crippen molar-refractivity contribution in [3.8, 4) is 5.75 Å². The van der Waals surface area contributed by atoms with Crippen LogP contribution in [0.4, 0.5) is 18.9 Å². The van der Waals surface area contributed by atoms with Crippen LogP contribution in [0.3, 0.4) is 0 Å². The molecule has 88 valence electrons. The Morgan fingerprint density at radius 2 is 1.88 bits per heavy atom. The Morgan fingerprint density at radius 3 is 2.38 bits per heavy atom. The van der Waals surface area contributed by atoms with Crippen molar-refractivity contribution in [2.45, 2.75) is 31.5 Å². The molecule has 0 aromatic heterocycles. The molecule has 1 aliphatic rings. The lowest BCUT2D eigenvalue weighted by Gasteiger charge is -2.26. The predicted molar refractivity (Wildman–Crippen MR) is 54.1 cm³/mol. The maximum Gasteiger partial charge on any atom is 0.416 e. The van der Waals surface area contributed by atoms with E-state index in [4.69, 9.17) is 10.5 Å². The molecule has 0 atom stereocenters. The first kappa shape index (κ1) is 11.1. The Morgan fingerprint density at radius 1 is 1.19 bits per heavy atom. The van der Waals surface area contributed by atoms with Crippen LogP contribution < -0.4 is 10.5 Å². The van der Waals surface area contributed by atoms with Gasteiger partial charge in [-0.2, -0.15) is 13.2 Å². The number of nitrogens with two attached hydrogens (primary N) is 1. The molecular weight excluding hydrogens is 219 g/mol. The van der Waals surface area contributed by atoms with Gasteiger partial charge in [0.05, 0.1) is 11.7 Å². The van der Waals surface area contributed by atoms with Gasteiger partial charge < -0.3 is 10.5 Å². The molecule has 1 aliphatic carbocycles. The van der Waals surface area contributed by atoms with E-state index in [0.717, 1.165) is 31.4 Å². The van der Waals surface area contributed by atoms with Crippen LogP contribution in [0.5, 0.6) is 5.75 Å². The number of halogens is 3. The van der Waals surface area contributed by atoms with Gasteiger partial charge in [-0.05, 0) is 31.4 Å². The highest BCUT2D eigenvalue weighted by molar-refractivity contribution is 5.48. The maximum atomic E-state index is 12.5. The minimum Gasteiger partial charge on any atom is -0.490 e. The van der Waals surface area contributed by atoms with Crippen molar-refractivity contribution in [2.24, 2.45) is 0 Å². The summed E-state index contributed by atoms with van der Waals surface area (Å²) in [5.74, 6) is 0.206. The lowest BCUT2D eigenvalue weighted by atomic mass is 9.96. The van der Waals surface area contributed by atoms with E-state index in [1.807, 2.05) is 0 Å². The van der Waals surface area contributed by atoms with E-state index in [1.54, 1.807) is 0 Å². The fraction of sp³-hybridized carbons (Fsp3) is 0.455. The van der Waals surface area contributed by atoms with Crippen molar-refractivity contribution in [1.29, 1.82) is 0 Å². The number of hydrogen-bond donors (Lipinski definition) is 1. The summed E-state index contributed by atoms with van der Waals surface area (Å²) in [5.41, 5.74) is 4.72. The Bertz CT molecular complexity index is 385. The maximum absolute atomic E-state index is 12.5. The zero-order chi connectivity index (χ0) is 11.8. The summed E-state index contributed by atoms with van der Waals surface area (Å²) >= 11 is 0. The van der Waals surface area contributed by atoms with Gasteiger partial charge in [0.2, 0.25) is 0 Å². The zero-order valence-corrected chi connectivity index (χ0v) is 8.55. The molecule has 2 N–H and O–H groups in total. The monoisotopic (exact) mass is 231 g/mol. The first-order valence-electron chi connectivity index (χ1n) is 5.09. The highest BCUT2D eigenvalue weighted by Crippen LogP contribution is 2.34. The normalized spacial score (nSPS) is 16.9. The Kier molecular flexibility index (Phi) is 2.69. The molecule has 1 saturated carbocycles. The van der Waals surface area contributed by atoms with Crippen molar-refractivity contribution in [1.82, 2.24) is 0 Å². The van der Waals surface area contributed by atoms with Crippen molar-refractivity contribution in [3.63, 3.8) is 0 Å². The Labute approximate surface area is 91.2 Å². The van der Waals surface area contributed by atoms with Crippen LogP contribution in [0, 0.1) is 0 Å². The number of ether oxygens (including phenoxy) is 1. The summed E-state index contributed by atoms with van der Waals surface area (Å²) in [7, 11) is 0. The van der Waals surface area contributed by atoms with E-state index >= 15 is 0 Å². The molecule has 0 aliphatic heterocycles. The molecule has 0 heterocycles. The van der Waals surface area contributed by atoms with E-state index in [0.29, 0.717) is 0 Å². The second-order valence-corrected chi connectivity index (χ2v) is 3.96. The van der Waals surface area contributed by atoms with Crippen molar-refractivity contribution in [3.05, 3.63) is 23.8 Å². The number of hydrogen-bond acceptors (Lipinski definition) is 2. The Hall–Kier alpha value is -1.39. The third-order valence-electron chi connectivity index (χ3n) is 2.61. The summed E-state index contributed by atoms with van der Waals surface area (Å²) in [4.78, 5) is 0. The molecule has 2 nitrogen and oxygen atoms in total. The molecule has 0 radical (unpaired) electrons. The molecule has 16 heavy (non-hydrogen) atoms. The van der Waals surface area contributed by atoms with E-state index < -0.39 is 11.7 Å². The summed E-state index contributed by atoms with van der Waals surface area (Å²) in [5, 5.41) is 0. The zero-order valence-electron chi connectivity index (χ0n) is 8.55. The van der Waals surface area contributed by atoms with E-state index in [-0.39, 0.29) is 17.5 Å². The largest absolute Gasteiger partial charge is 0.490 e. The van der Waals surface area contributed by atoms with Crippen LogP contribution in [-0.4, -0.2) is 6.10 Å². The standard InChI is InChI=1S/C11H12F3NO/c12-11(13,14)7-4-8(15)6-10(5-7)16-9-2-1-3-9/h4-6,9H,1-3,15H2. The minimum atomic E-state index is -4.38. The molecule has 0 unspecified atom stereocenters.